The summed E-state index contributed by atoms with van der Waals surface area (Å²) in [6.07, 6.45) is 4.55. The van der Waals surface area contributed by atoms with E-state index in [4.69, 9.17) is 26.8 Å². The molecule has 0 aliphatic carbocycles. The molecule has 2 aromatic rings. The minimum Gasteiger partial charge on any atom is -0.438 e. The second-order valence-electron chi connectivity index (χ2n) is 13.7. The molecule has 4 fully saturated rings. The van der Waals surface area contributed by atoms with Crippen LogP contribution < -0.4 is 16.4 Å². The van der Waals surface area contributed by atoms with E-state index in [1.54, 1.807) is 11.0 Å². The molecule has 1 spiro atoms. The van der Waals surface area contributed by atoms with Gasteiger partial charge < -0.3 is 30.3 Å². The summed E-state index contributed by atoms with van der Waals surface area (Å²) in [5, 5.41) is 6.92. The van der Waals surface area contributed by atoms with Gasteiger partial charge in [-0.1, -0.05) is 42.8 Å². The average molecular weight is 665 g/mol. The highest BCUT2D eigenvalue weighted by Crippen LogP contribution is 2.43. The number of nitrogens with one attached hydrogen (secondary N) is 2. The SMILES string of the molecule is CCc1cc(C[C@@H](OC(=O)N2CCC3(CC2)OC(=O)Nc2ccccc23)C(=O)N2CCN(C3CC4CCC(C3)N4)CC2)cc(Cl)c1N. The van der Waals surface area contributed by atoms with Crippen molar-refractivity contribution in [1.29, 1.82) is 0 Å². The van der Waals surface area contributed by atoms with Crippen LogP contribution in [0.1, 0.15) is 62.1 Å². The van der Waals surface area contributed by atoms with E-state index in [-0.39, 0.29) is 12.3 Å². The third-order valence-corrected chi connectivity index (χ3v) is 11.3. The molecule has 2 unspecified atom stereocenters. The van der Waals surface area contributed by atoms with Gasteiger partial charge in [-0.05, 0) is 55.4 Å². The fourth-order valence-corrected chi connectivity index (χ4v) is 8.61. The van der Waals surface area contributed by atoms with Crippen molar-refractivity contribution in [1.82, 2.24) is 20.0 Å². The number of benzene rings is 2. The lowest BCUT2D eigenvalue weighted by Gasteiger charge is -2.44. The Hall–Kier alpha value is -3.54. The molecule has 0 aromatic heterocycles. The molecule has 12 heteroatoms. The maximum atomic E-state index is 14.1. The van der Waals surface area contributed by atoms with Crippen LogP contribution in [-0.2, 0) is 32.7 Å². The first kappa shape index (κ1) is 32.0. The zero-order valence-corrected chi connectivity index (χ0v) is 27.8. The number of fused-ring (bicyclic) bond motifs is 4. The number of amides is 3. The van der Waals surface area contributed by atoms with E-state index in [0.29, 0.717) is 74.3 Å². The van der Waals surface area contributed by atoms with E-state index in [9.17, 15) is 14.4 Å². The van der Waals surface area contributed by atoms with Gasteiger partial charge in [0.25, 0.3) is 5.91 Å². The van der Waals surface area contributed by atoms with Crippen LogP contribution >= 0.6 is 11.6 Å². The van der Waals surface area contributed by atoms with E-state index in [2.05, 4.69) is 15.5 Å². The Bertz CT molecular complexity index is 1510. The number of hydrogen-bond acceptors (Lipinski definition) is 8. The van der Waals surface area contributed by atoms with Crippen molar-refractivity contribution in [2.75, 3.05) is 50.3 Å². The first-order valence-corrected chi connectivity index (χ1v) is 17.5. The summed E-state index contributed by atoms with van der Waals surface area (Å²) < 4.78 is 11.9. The van der Waals surface area contributed by atoms with Crippen molar-refractivity contribution < 1.29 is 23.9 Å². The monoisotopic (exact) mass is 664 g/mol. The number of ether oxygens (including phenoxy) is 2. The molecule has 47 heavy (non-hydrogen) atoms. The lowest BCUT2D eigenvalue weighted by Crippen LogP contribution is -2.57. The van der Waals surface area contributed by atoms with Crippen molar-refractivity contribution in [3.8, 4) is 0 Å². The Morgan fingerprint density at radius 2 is 1.74 bits per heavy atom. The topological polar surface area (TPSA) is 129 Å². The summed E-state index contributed by atoms with van der Waals surface area (Å²) in [7, 11) is 0. The lowest BCUT2D eigenvalue weighted by atomic mass is 9.82. The predicted octanol–water partition coefficient (Wildman–Crippen LogP) is 4.51. The molecule has 5 heterocycles. The van der Waals surface area contributed by atoms with Crippen LogP contribution in [0.3, 0.4) is 0 Å². The lowest BCUT2D eigenvalue weighted by molar-refractivity contribution is -0.143. The number of rotatable bonds is 6. The molecule has 0 radical (unpaired) electrons. The fraction of sp³-hybridized carbons (Fsp3) is 0.571. The fourth-order valence-electron chi connectivity index (χ4n) is 8.35. The quantitative estimate of drug-likeness (QED) is 0.385. The number of piperidine rings is 2. The number of anilines is 2. The highest BCUT2D eigenvalue weighted by Gasteiger charge is 2.46. The highest BCUT2D eigenvalue weighted by molar-refractivity contribution is 6.33. The number of piperazine rings is 1. The summed E-state index contributed by atoms with van der Waals surface area (Å²) in [6, 6.07) is 13.1. The third-order valence-electron chi connectivity index (χ3n) is 11.0. The number of likely N-dealkylation sites (tertiary alicyclic amines) is 1. The van der Waals surface area contributed by atoms with Gasteiger partial charge in [-0.2, -0.15) is 0 Å². The predicted molar refractivity (Wildman–Crippen MR) is 179 cm³/mol. The molecule has 2 bridgehead atoms. The highest BCUT2D eigenvalue weighted by atomic mass is 35.5. The summed E-state index contributed by atoms with van der Waals surface area (Å²) in [5.41, 5.74) is 9.25. The molecule has 5 aliphatic rings. The van der Waals surface area contributed by atoms with Crippen molar-refractivity contribution in [2.45, 2.75) is 88.1 Å². The Labute approximate surface area is 281 Å². The molecular weight excluding hydrogens is 620 g/mol. The number of nitrogens with two attached hydrogens (primary N) is 1. The Morgan fingerprint density at radius 1 is 1.04 bits per heavy atom. The number of carbonyl (C=O) groups is 3. The van der Waals surface area contributed by atoms with E-state index in [0.717, 1.165) is 35.5 Å². The van der Waals surface area contributed by atoms with Gasteiger partial charge in [0.05, 0.1) is 16.4 Å². The Kier molecular flexibility index (Phi) is 8.97. The molecular formula is C35H45ClN6O5. The van der Waals surface area contributed by atoms with E-state index in [1.165, 1.54) is 25.7 Å². The molecule has 5 aliphatic heterocycles. The van der Waals surface area contributed by atoms with E-state index >= 15 is 0 Å². The van der Waals surface area contributed by atoms with Crippen molar-refractivity contribution >= 4 is 41.1 Å². The summed E-state index contributed by atoms with van der Waals surface area (Å²) >= 11 is 6.48. The number of nitrogen functional groups attached to an aromatic ring is 1. The zero-order chi connectivity index (χ0) is 32.7. The van der Waals surface area contributed by atoms with E-state index in [1.807, 2.05) is 42.2 Å². The molecule has 7 rings (SSSR count). The first-order chi connectivity index (χ1) is 22.7. The normalized spacial score (nSPS) is 25.9. The molecule has 2 aromatic carbocycles. The largest absolute Gasteiger partial charge is 0.438 e. The second kappa shape index (κ2) is 13.2. The van der Waals surface area contributed by atoms with Crippen LogP contribution in [0.25, 0.3) is 0 Å². The molecule has 4 saturated heterocycles. The zero-order valence-electron chi connectivity index (χ0n) is 27.0. The van der Waals surface area contributed by atoms with Crippen LogP contribution in [0.2, 0.25) is 5.02 Å². The van der Waals surface area contributed by atoms with Gasteiger partial charge >= 0.3 is 12.2 Å². The summed E-state index contributed by atoms with van der Waals surface area (Å²) in [4.78, 5) is 46.2. The maximum absolute atomic E-state index is 14.1. The van der Waals surface area contributed by atoms with Crippen LogP contribution in [0.15, 0.2) is 36.4 Å². The van der Waals surface area contributed by atoms with E-state index < -0.39 is 23.9 Å². The minimum absolute atomic E-state index is 0.191. The van der Waals surface area contributed by atoms with Gasteiger partial charge in [0, 0.05) is 82.2 Å². The van der Waals surface area contributed by atoms with Crippen LogP contribution in [-0.4, -0.2) is 96.3 Å². The second-order valence-corrected chi connectivity index (χ2v) is 14.2. The number of halogens is 1. The van der Waals surface area contributed by atoms with Gasteiger partial charge in [0.2, 0.25) is 0 Å². The average Bonchev–Trinajstić information content (AvgIpc) is 3.42. The molecule has 4 N–H and O–H groups in total. The molecule has 252 valence electrons. The summed E-state index contributed by atoms with van der Waals surface area (Å²) in [5.74, 6) is -0.191. The van der Waals surface area contributed by atoms with Crippen LogP contribution in [0.4, 0.5) is 21.0 Å². The van der Waals surface area contributed by atoms with Crippen LogP contribution in [0.5, 0.6) is 0 Å². The number of nitrogens with zero attached hydrogens (tertiary/aromatic N) is 3. The first-order valence-electron chi connectivity index (χ1n) is 17.1. The van der Waals surface area contributed by atoms with Gasteiger partial charge in [-0.15, -0.1) is 0 Å². The van der Waals surface area contributed by atoms with Gasteiger partial charge in [0.15, 0.2) is 6.10 Å². The minimum atomic E-state index is -1.01. The van der Waals surface area contributed by atoms with Gasteiger partial charge in [-0.25, -0.2) is 9.59 Å². The van der Waals surface area contributed by atoms with Gasteiger partial charge in [0.1, 0.15) is 5.60 Å². The molecule has 0 saturated carbocycles. The number of aryl methyl sites for hydroxylation is 1. The smallest absolute Gasteiger partial charge is 0.412 e. The van der Waals surface area contributed by atoms with Crippen LogP contribution in [0, 0.1) is 0 Å². The molecule has 3 amide bonds. The maximum Gasteiger partial charge on any atom is 0.412 e. The van der Waals surface area contributed by atoms with Crippen molar-refractivity contribution in [2.24, 2.45) is 0 Å². The number of hydrogen-bond donors (Lipinski definition) is 3. The standard InChI is InChI=1S/C35H45ClN6O5/c1-2-23-17-22(18-28(36)31(23)37)19-30(32(43)41-15-13-40(14-16-41)26-20-24-7-8-25(21-26)38-24)46-34(45)42-11-9-35(10-12-42)27-5-3-4-6-29(27)39-33(44)47-35/h3-6,17-18,24-26,30,38H,2,7-16,19-21,37H2,1H3,(H,39,44)/t24?,25?,26?,30-/m1/s1. The van der Waals surface area contributed by atoms with Gasteiger partial charge in [-0.3, -0.25) is 15.0 Å². The van der Waals surface area contributed by atoms with Crippen molar-refractivity contribution in [3.05, 3.63) is 58.1 Å². The third kappa shape index (κ3) is 6.49. The Morgan fingerprint density at radius 3 is 2.45 bits per heavy atom. The molecule has 3 atom stereocenters. The summed E-state index contributed by atoms with van der Waals surface area (Å²) in [6.45, 7) is 5.47. The Balaban J connectivity index is 1.04. The molecule has 11 nitrogen and oxygen atoms in total. The number of carbonyl (C=O) groups excluding carboxylic acids is 3. The van der Waals surface area contributed by atoms with Crippen molar-refractivity contribution in [3.63, 3.8) is 0 Å². The number of para-hydroxylation sites is 1.